The minimum atomic E-state index is -0.361. The Balaban J connectivity index is 2.80. The lowest BCUT2D eigenvalue weighted by molar-refractivity contribution is 0.101. The molecule has 2 rings (SSSR count). The zero-order valence-electron chi connectivity index (χ0n) is 11.4. The molecule has 0 saturated heterocycles. The monoisotopic (exact) mass is 291 g/mol. The van der Waals surface area contributed by atoms with Crippen molar-refractivity contribution in [1.29, 1.82) is 0 Å². The highest BCUT2D eigenvalue weighted by Gasteiger charge is 2.16. The van der Waals surface area contributed by atoms with Gasteiger partial charge in [-0.3, -0.25) is 9.59 Å². The molecule has 0 aliphatic heterocycles. The van der Waals surface area contributed by atoms with Gasteiger partial charge in [-0.25, -0.2) is 0 Å². The zero-order valence-corrected chi connectivity index (χ0v) is 12.2. The molecule has 0 N–H and O–H groups in total. The Kier molecular flexibility index (Phi) is 3.95. The summed E-state index contributed by atoms with van der Waals surface area (Å²) < 4.78 is 5.65. The van der Waals surface area contributed by atoms with Crippen LogP contribution in [0.25, 0.3) is 17.0 Å². The molecule has 20 heavy (non-hydrogen) atoms. The maximum atomic E-state index is 12.4. The molecule has 0 aliphatic carbocycles. The molecule has 1 aromatic carbocycles. The van der Waals surface area contributed by atoms with Gasteiger partial charge in [0, 0.05) is 25.3 Å². The van der Waals surface area contributed by atoms with Crippen LogP contribution in [0.2, 0.25) is 5.02 Å². The molecule has 0 radical (unpaired) electrons. The first kappa shape index (κ1) is 14.3. The van der Waals surface area contributed by atoms with E-state index in [1.54, 1.807) is 29.3 Å². The second kappa shape index (κ2) is 5.51. The van der Waals surface area contributed by atoms with Gasteiger partial charge in [-0.1, -0.05) is 11.6 Å². The van der Waals surface area contributed by atoms with Gasteiger partial charge < -0.3 is 9.32 Å². The van der Waals surface area contributed by atoms with Crippen LogP contribution in [0.3, 0.4) is 0 Å². The number of hydrogen-bond donors (Lipinski definition) is 0. The molecule has 1 aromatic heterocycles. The number of carbonyl (C=O) groups excluding carboxylic acids is 1. The van der Waals surface area contributed by atoms with Crippen LogP contribution in [-0.4, -0.2) is 24.8 Å². The summed E-state index contributed by atoms with van der Waals surface area (Å²) in [5.41, 5.74) is 0.0836. The predicted octanol–water partition coefficient (Wildman–Crippen LogP) is 3.18. The summed E-state index contributed by atoms with van der Waals surface area (Å²) >= 11 is 5.88. The molecular formula is C15H14ClNO3. The number of hydrogen-bond acceptors (Lipinski definition) is 4. The van der Waals surface area contributed by atoms with Gasteiger partial charge in [0.2, 0.25) is 5.43 Å². The van der Waals surface area contributed by atoms with Gasteiger partial charge in [-0.2, -0.15) is 0 Å². The molecule has 4 nitrogen and oxygen atoms in total. The third-order valence-electron chi connectivity index (χ3n) is 2.76. The van der Waals surface area contributed by atoms with Gasteiger partial charge in [-0.05, 0) is 31.2 Å². The summed E-state index contributed by atoms with van der Waals surface area (Å²) in [7, 11) is 3.67. The molecule has 0 spiro atoms. The van der Waals surface area contributed by atoms with Crippen molar-refractivity contribution in [2.45, 2.75) is 6.92 Å². The summed E-state index contributed by atoms with van der Waals surface area (Å²) in [6.07, 6.45) is 3.32. The van der Waals surface area contributed by atoms with Crippen LogP contribution in [0.1, 0.15) is 23.0 Å². The lowest BCUT2D eigenvalue weighted by Gasteiger charge is -2.07. The molecule has 0 saturated carbocycles. The van der Waals surface area contributed by atoms with Crippen molar-refractivity contribution in [3.63, 3.8) is 0 Å². The highest BCUT2D eigenvalue weighted by Crippen LogP contribution is 2.21. The second-order valence-corrected chi connectivity index (χ2v) is 5.08. The fraction of sp³-hybridized carbons (Fsp3) is 0.200. The van der Waals surface area contributed by atoms with Crippen LogP contribution in [0, 0.1) is 0 Å². The molecular weight excluding hydrogens is 278 g/mol. The van der Waals surface area contributed by atoms with Gasteiger partial charge in [0.25, 0.3) is 0 Å². The number of fused-ring (bicyclic) bond motifs is 1. The van der Waals surface area contributed by atoms with Crippen LogP contribution >= 0.6 is 11.6 Å². The standard InChI is InChI=1S/C15H14ClNO3/c1-9(18)14-13(6-7-17(2)3)20-12-5-4-10(16)8-11(12)15(14)19/h4-8H,1-3H3/b7-6+. The quantitative estimate of drug-likeness (QED) is 0.815. The number of nitrogens with zero attached hydrogens (tertiary/aromatic N) is 1. The van der Waals surface area contributed by atoms with Crippen LogP contribution in [0.15, 0.2) is 33.6 Å². The zero-order chi connectivity index (χ0) is 14.9. The van der Waals surface area contributed by atoms with Crippen LogP contribution in [0.5, 0.6) is 0 Å². The number of benzene rings is 1. The smallest absolute Gasteiger partial charge is 0.204 e. The molecule has 0 aliphatic rings. The number of Topliss-reactive ketones (excluding diaryl/α,β-unsaturated/α-hetero) is 1. The van der Waals surface area contributed by atoms with Crippen LogP contribution in [-0.2, 0) is 0 Å². The lowest BCUT2D eigenvalue weighted by Crippen LogP contribution is -2.15. The number of halogens is 1. The minimum Gasteiger partial charge on any atom is -0.456 e. The van der Waals surface area contributed by atoms with E-state index in [4.69, 9.17) is 16.0 Å². The average Bonchev–Trinajstić information content (AvgIpc) is 2.36. The van der Waals surface area contributed by atoms with E-state index < -0.39 is 0 Å². The van der Waals surface area contributed by atoms with Gasteiger partial charge in [0.05, 0.1) is 5.39 Å². The maximum absolute atomic E-state index is 12.4. The third kappa shape index (κ3) is 2.75. The average molecular weight is 292 g/mol. The van der Waals surface area contributed by atoms with Gasteiger partial charge >= 0.3 is 0 Å². The molecule has 0 bridgehead atoms. The fourth-order valence-electron chi connectivity index (χ4n) is 1.85. The van der Waals surface area contributed by atoms with Crippen molar-refractivity contribution in [3.8, 4) is 0 Å². The van der Waals surface area contributed by atoms with Gasteiger partial charge in [0.1, 0.15) is 16.9 Å². The molecule has 2 aromatic rings. The van der Waals surface area contributed by atoms with Crippen molar-refractivity contribution < 1.29 is 9.21 Å². The Morgan fingerprint density at radius 3 is 2.65 bits per heavy atom. The van der Waals surface area contributed by atoms with Crippen LogP contribution < -0.4 is 5.43 Å². The van der Waals surface area contributed by atoms with E-state index in [2.05, 4.69) is 0 Å². The number of rotatable bonds is 3. The number of carbonyl (C=O) groups is 1. The minimum absolute atomic E-state index is 0.0397. The van der Waals surface area contributed by atoms with Crippen molar-refractivity contribution in [1.82, 2.24) is 4.90 Å². The Labute approximate surface area is 121 Å². The fourth-order valence-corrected chi connectivity index (χ4v) is 2.02. The van der Waals surface area contributed by atoms with E-state index >= 15 is 0 Å². The third-order valence-corrected chi connectivity index (χ3v) is 2.99. The maximum Gasteiger partial charge on any atom is 0.204 e. The summed E-state index contributed by atoms with van der Waals surface area (Å²) in [4.78, 5) is 25.9. The van der Waals surface area contributed by atoms with E-state index in [1.165, 1.54) is 13.0 Å². The Morgan fingerprint density at radius 1 is 1.35 bits per heavy atom. The summed E-state index contributed by atoms with van der Waals surface area (Å²) in [5, 5.41) is 0.737. The lowest BCUT2D eigenvalue weighted by atomic mass is 10.1. The first-order valence-electron chi connectivity index (χ1n) is 6.02. The first-order chi connectivity index (χ1) is 9.40. The van der Waals surface area contributed by atoms with E-state index in [-0.39, 0.29) is 22.5 Å². The molecule has 0 amide bonds. The van der Waals surface area contributed by atoms with Crippen molar-refractivity contribution in [2.24, 2.45) is 0 Å². The Bertz CT molecular complexity index is 760. The molecule has 5 heteroatoms. The highest BCUT2D eigenvalue weighted by atomic mass is 35.5. The van der Waals surface area contributed by atoms with Crippen LogP contribution in [0.4, 0.5) is 0 Å². The predicted molar refractivity (Wildman–Crippen MR) is 80.2 cm³/mol. The van der Waals surface area contributed by atoms with Gasteiger partial charge in [-0.15, -0.1) is 0 Å². The summed E-state index contributed by atoms with van der Waals surface area (Å²) in [5.74, 6) is -0.0787. The Hall–Kier alpha value is -2.07. The SMILES string of the molecule is CC(=O)c1c(/C=C/N(C)C)oc2ccc(Cl)cc2c1=O. The number of ketones is 1. The van der Waals surface area contributed by atoms with Crippen molar-refractivity contribution in [3.05, 3.63) is 51.0 Å². The molecule has 104 valence electrons. The van der Waals surface area contributed by atoms with E-state index in [1.807, 2.05) is 14.1 Å². The van der Waals surface area contributed by atoms with E-state index in [0.717, 1.165) is 0 Å². The normalized spacial score (nSPS) is 11.2. The summed E-state index contributed by atoms with van der Waals surface area (Å²) in [6.45, 7) is 1.34. The first-order valence-corrected chi connectivity index (χ1v) is 6.40. The highest BCUT2D eigenvalue weighted by molar-refractivity contribution is 6.31. The topological polar surface area (TPSA) is 50.5 Å². The largest absolute Gasteiger partial charge is 0.456 e. The van der Waals surface area contributed by atoms with Crippen molar-refractivity contribution in [2.75, 3.05) is 14.1 Å². The molecule has 1 heterocycles. The second-order valence-electron chi connectivity index (χ2n) is 4.65. The molecule has 0 fully saturated rings. The van der Waals surface area contributed by atoms with E-state index in [0.29, 0.717) is 16.0 Å². The molecule has 0 unspecified atom stereocenters. The summed E-state index contributed by atoms with van der Waals surface area (Å²) in [6, 6.07) is 4.77. The van der Waals surface area contributed by atoms with E-state index in [9.17, 15) is 9.59 Å². The van der Waals surface area contributed by atoms with Crippen molar-refractivity contribution >= 4 is 34.4 Å². The van der Waals surface area contributed by atoms with Gasteiger partial charge in [0.15, 0.2) is 5.78 Å². The Morgan fingerprint density at radius 2 is 2.05 bits per heavy atom. The molecule has 0 atom stereocenters.